The molecule has 0 rings (SSSR count). The third-order valence-electron chi connectivity index (χ3n) is 1.43. The lowest BCUT2D eigenvalue weighted by Gasteiger charge is -2.00. The molecule has 0 aliphatic heterocycles. The van der Waals surface area contributed by atoms with E-state index in [-0.39, 0.29) is 0 Å². The molecule has 0 spiro atoms. The first-order valence-corrected chi connectivity index (χ1v) is 4.28. The Bertz CT molecular complexity index is 44.7. The van der Waals surface area contributed by atoms with Gasteiger partial charge in [-0.05, 0) is 12.8 Å². The Kier molecular flexibility index (Phi) is 8.92. The average Bonchev–Trinajstić information content (AvgIpc) is 1.97. The van der Waals surface area contributed by atoms with Crippen molar-refractivity contribution in [1.29, 1.82) is 0 Å². The molecule has 0 unspecified atom stereocenters. The molecule has 1 heteroatoms. The number of rotatable bonds is 7. The summed E-state index contributed by atoms with van der Waals surface area (Å²) in [4.78, 5) is 0. The first-order valence-electron chi connectivity index (χ1n) is 4.28. The fraction of sp³-hybridized carbons (Fsp3) is 0.889. The second kappa shape index (κ2) is 8.96. The summed E-state index contributed by atoms with van der Waals surface area (Å²) in [6, 6.07) is 0. The maximum atomic E-state index is 5.34. The number of hydrogen-bond acceptors (Lipinski definition) is 1. The molecule has 0 heterocycles. The van der Waals surface area contributed by atoms with Crippen LogP contribution in [0, 0.1) is 6.92 Å². The topological polar surface area (TPSA) is 9.23 Å². The molecule has 0 aliphatic carbocycles. The predicted octanol–water partition coefficient (Wildman–Crippen LogP) is 2.81. The van der Waals surface area contributed by atoms with Crippen LogP contribution in [0.4, 0.5) is 0 Å². The standard InChI is InChI=1S/C9H19O/c1-3-5-7-9-10-8-6-4-2/h2-9H2,1H3. The molecule has 0 saturated heterocycles. The second-order valence-corrected chi connectivity index (χ2v) is 2.53. The lowest BCUT2D eigenvalue weighted by Crippen LogP contribution is -1.95. The molecular formula is C9H19O. The van der Waals surface area contributed by atoms with Crippen LogP contribution in [0.15, 0.2) is 0 Å². The molecule has 0 fully saturated rings. The molecule has 61 valence electrons. The maximum absolute atomic E-state index is 5.34. The van der Waals surface area contributed by atoms with Gasteiger partial charge in [0.25, 0.3) is 0 Å². The molecule has 10 heavy (non-hydrogen) atoms. The summed E-state index contributed by atoms with van der Waals surface area (Å²) in [5.74, 6) is 0. The summed E-state index contributed by atoms with van der Waals surface area (Å²) < 4.78 is 5.34. The minimum absolute atomic E-state index is 0.896. The molecule has 0 N–H and O–H groups in total. The van der Waals surface area contributed by atoms with Gasteiger partial charge in [-0.2, -0.15) is 0 Å². The Morgan fingerprint density at radius 2 is 1.80 bits per heavy atom. The fourth-order valence-corrected chi connectivity index (χ4v) is 0.760. The summed E-state index contributed by atoms with van der Waals surface area (Å²) >= 11 is 0. The van der Waals surface area contributed by atoms with Crippen molar-refractivity contribution >= 4 is 0 Å². The van der Waals surface area contributed by atoms with Crippen molar-refractivity contribution in [2.75, 3.05) is 13.2 Å². The molecule has 0 aromatic carbocycles. The minimum atomic E-state index is 0.896. The monoisotopic (exact) mass is 143 g/mol. The largest absolute Gasteiger partial charge is 0.381 e. The minimum Gasteiger partial charge on any atom is -0.381 e. The predicted molar refractivity (Wildman–Crippen MR) is 44.9 cm³/mol. The number of ether oxygens (including phenoxy) is 1. The van der Waals surface area contributed by atoms with Gasteiger partial charge in [-0.15, -0.1) is 0 Å². The van der Waals surface area contributed by atoms with Crippen molar-refractivity contribution in [3.8, 4) is 0 Å². The Hall–Kier alpha value is -0.0400. The summed E-state index contributed by atoms with van der Waals surface area (Å²) in [5, 5.41) is 0. The molecule has 0 bridgehead atoms. The van der Waals surface area contributed by atoms with E-state index in [1.54, 1.807) is 0 Å². The Morgan fingerprint density at radius 1 is 1.10 bits per heavy atom. The van der Waals surface area contributed by atoms with E-state index in [2.05, 4.69) is 13.8 Å². The molecule has 1 radical (unpaired) electrons. The molecule has 0 aromatic heterocycles. The lowest BCUT2D eigenvalue weighted by atomic mass is 10.3. The van der Waals surface area contributed by atoms with Crippen LogP contribution in [0.25, 0.3) is 0 Å². The number of unbranched alkanes of at least 4 members (excludes halogenated alkanes) is 3. The lowest BCUT2D eigenvalue weighted by molar-refractivity contribution is 0.128. The first-order chi connectivity index (χ1) is 4.91. The highest BCUT2D eigenvalue weighted by Crippen LogP contribution is 1.95. The SMILES string of the molecule is [CH2]CCCOCCCCC. The van der Waals surface area contributed by atoms with Crippen LogP contribution >= 0.6 is 0 Å². The van der Waals surface area contributed by atoms with Gasteiger partial charge in [-0.1, -0.05) is 33.1 Å². The van der Waals surface area contributed by atoms with Crippen molar-refractivity contribution in [3.05, 3.63) is 6.92 Å². The van der Waals surface area contributed by atoms with Crippen molar-refractivity contribution in [2.24, 2.45) is 0 Å². The fourth-order valence-electron chi connectivity index (χ4n) is 0.760. The zero-order valence-electron chi connectivity index (χ0n) is 7.07. The molecule has 0 aliphatic rings. The number of hydrogen-bond donors (Lipinski definition) is 0. The summed E-state index contributed by atoms with van der Waals surface area (Å²) in [6.45, 7) is 7.78. The van der Waals surface area contributed by atoms with Gasteiger partial charge in [0.1, 0.15) is 0 Å². The first kappa shape index (κ1) is 9.96. The van der Waals surface area contributed by atoms with Gasteiger partial charge in [0.2, 0.25) is 0 Å². The van der Waals surface area contributed by atoms with Crippen molar-refractivity contribution in [1.82, 2.24) is 0 Å². The molecule has 0 atom stereocenters. The zero-order valence-corrected chi connectivity index (χ0v) is 7.07. The third kappa shape index (κ3) is 7.96. The zero-order chi connectivity index (χ0) is 7.66. The van der Waals surface area contributed by atoms with Crippen LogP contribution in [0.1, 0.15) is 39.0 Å². The van der Waals surface area contributed by atoms with Gasteiger partial charge in [-0.25, -0.2) is 0 Å². The quantitative estimate of drug-likeness (QED) is 0.498. The molecule has 0 amide bonds. The second-order valence-electron chi connectivity index (χ2n) is 2.53. The molecule has 0 saturated carbocycles. The Balaban J connectivity index is 2.65. The van der Waals surface area contributed by atoms with E-state index in [4.69, 9.17) is 4.74 Å². The van der Waals surface area contributed by atoms with Crippen molar-refractivity contribution < 1.29 is 4.74 Å². The normalized spacial score (nSPS) is 10.2. The highest BCUT2D eigenvalue weighted by molar-refractivity contribution is 4.40. The van der Waals surface area contributed by atoms with Gasteiger partial charge in [0, 0.05) is 13.2 Å². The van der Waals surface area contributed by atoms with Gasteiger partial charge < -0.3 is 4.74 Å². The third-order valence-corrected chi connectivity index (χ3v) is 1.43. The van der Waals surface area contributed by atoms with Crippen LogP contribution in [-0.4, -0.2) is 13.2 Å². The Labute approximate surface area is 64.8 Å². The maximum Gasteiger partial charge on any atom is 0.0466 e. The smallest absolute Gasteiger partial charge is 0.0466 e. The van der Waals surface area contributed by atoms with Crippen molar-refractivity contribution in [2.45, 2.75) is 39.0 Å². The van der Waals surface area contributed by atoms with E-state index >= 15 is 0 Å². The highest BCUT2D eigenvalue weighted by Gasteiger charge is 1.86. The van der Waals surface area contributed by atoms with Crippen LogP contribution < -0.4 is 0 Å². The summed E-state index contributed by atoms with van der Waals surface area (Å²) in [7, 11) is 0. The van der Waals surface area contributed by atoms with Crippen LogP contribution in [0.5, 0.6) is 0 Å². The van der Waals surface area contributed by atoms with E-state index < -0.39 is 0 Å². The van der Waals surface area contributed by atoms with Crippen molar-refractivity contribution in [3.63, 3.8) is 0 Å². The van der Waals surface area contributed by atoms with Gasteiger partial charge >= 0.3 is 0 Å². The Morgan fingerprint density at radius 3 is 2.40 bits per heavy atom. The van der Waals surface area contributed by atoms with Crippen LogP contribution in [0.2, 0.25) is 0 Å². The average molecular weight is 143 g/mol. The van der Waals surface area contributed by atoms with E-state index in [1.165, 1.54) is 19.3 Å². The molecule has 1 nitrogen and oxygen atoms in total. The van der Waals surface area contributed by atoms with Gasteiger partial charge in [-0.3, -0.25) is 0 Å². The summed E-state index contributed by atoms with van der Waals surface area (Å²) in [5.41, 5.74) is 0. The van der Waals surface area contributed by atoms with E-state index in [1.807, 2.05) is 0 Å². The van der Waals surface area contributed by atoms with Gasteiger partial charge in [0.15, 0.2) is 0 Å². The van der Waals surface area contributed by atoms with E-state index in [0.29, 0.717) is 0 Å². The van der Waals surface area contributed by atoms with Gasteiger partial charge in [0.05, 0.1) is 0 Å². The van der Waals surface area contributed by atoms with E-state index in [9.17, 15) is 0 Å². The van der Waals surface area contributed by atoms with E-state index in [0.717, 1.165) is 26.1 Å². The molecule has 0 aromatic rings. The highest BCUT2D eigenvalue weighted by atomic mass is 16.5. The molecular weight excluding hydrogens is 124 g/mol. The van der Waals surface area contributed by atoms with Crippen LogP contribution in [-0.2, 0) is 4.74 Å². The van der Waals surface area contributed by atoms with Crippen LogP contribution in [0.3, 0.4) is 0 Å². The summed E-state index contributed by atoms with van der Waals surface area (Å²) in [6.07, 6.45) is 5.89.